The second kappa shape index (κ2) is 3.80. The highest BCUT2D eigenvalue weighted by Gasteiger charge is 2.12. The largest absolute Gasteiger partial charge is 0.312 e. The van der Waals surface area contributed by atoms with E-state index in [1.54, 1.807) is 10.9 Å². The van der Waals surface area contributed by atoms with Gasteiger partial charge >= 0.3 is 0 Å². The van der Waals surface area contributed by atoms with Crippen LogP contribution in [0.15, 0.2) is 35.5 Å². The van der Waals surface area contributed by atoms with Gasteiger partial charge in [-0.25, -0.2) is 9.67 Å². The predicted molar refractivity (Wildman–Crippen MR) is 69.0 cm³/mol. The maximum absolute atomic E-state index is 11.6. The molecular formula is C13H12N4O. The predicted octanol–water partition coefficient (Wildman–Crippen LogP) is 1.73. The van der Waals surface area contributed by atoms with Gasteiger partial charge in [0.1, 0.15) is 5.39 Å². The lowest BCUT2D eigenvalue weighted by Gasteiger charge is -2.09. The first kappa shape index (κ1) is 10.7. The van der Waals surface area contributed by atoms with Crippen LogP contribution in [0.3, 0.4) is 0 Å². The molecule has 2 heterocycles. The summed E-state index contributed by atoms with van der Waals surface area (Å²) in [6, 6.07) is 6.03. The molecule has 0 aliphatic carbocycles. The number of hydrogen-bond donors (Lipinski definition) is 1. The van der Waals surface area contributed by atoms with Gasteiger partial charge < -0.3 is 4.98 Å². The fraction of sp³-hybridized carbons (Fsp3) is 0.154. The monoisotopic (exact) mass is 240 g/mol. The van der Waals surface area contributed by atoms with Crippen LogP contribution in [-0.2, 0) is 0 Å². The molecule has 1 aromatic carbocycles. The van der Waals surface area contributed by atoms with E-state index in [1.165, 1.54) is 6.33 Å². The molecule has 0 bridgehead atoms. The maximum Gasteiger partial charge on any atom is 0.261 e. The van der Waals surface area contributed by atoms with Crippen molar-refractivity contribution in [3.05, 3.63) is 52.2 Å². The molecule has 0 spiro atoms. The number of aryl methyl sites for hydroxylation is 2. The van der Waals surface area contributed by atoms with E-state index in [0.717, 1.165) is 16.8 Å². The van der Waals surface area contributed by atoms with Crippen LogP contribution in [0.2, 0.25) is 0 Å². The molecule has 0 fully saturated rings. The Morgan fingerprint density at radius 1 is 1.22 bits per heavy atom. The number of hydrogen-bond acceptors (Lipinski definition) is 3. The minimum atomic E-state index is -0.169. The highest BCUT2D eigenvalue weighted by molar-refractivity contribution is 5.75. The highest BCUT2D eigenvalue weighted by Crippen LogP contribution is 2.20. The van der Waals surface area contributed by atoms with Crippen molar-refractivity contribution >= 4 is 11.0 Å². The number of benzene rings is 1. The van der Waals surface area contributed by atoms with Gasteiger partial charge in [0, 0.05) is 0 Å². The van der Waals surface area contributed by atoms with Crippen LogP contribution in [0, 0.1) is 13.8 Å². The molecule has 0 amide bonds. The lowest BCUT2D eigenvalue weighted by molar-refractivity contribution is 0.878. The van der Waals surface area contributed by atoms with E-state index < -0.39 is 0 Å². The minimum absolute atomic E-state index is 0.169. The van der Waals surface area contributed by atoms with Gasteiger partial charge in [0.2, 0.25) is 0 Å². The fourth-order valence-corrected chi connectivity index (χ4v) is 2.16. The standard InChI is InChI=1S/C13H12N4O/c1-8-4-3-5-9(2)11(8)17-12-10(6-16-17)13(18)15-7-14-12/h3-7H,1-2H3,(H,14,15,18). The van der Waals surface area contributed by atoms with E-state index in [4.69, 9.17) is 0 Å². The summed E-state index contributed by atoms with van der Waals surface area (Å²) in [5.74, 6) is 0. The summed E-state index contributed by atoms with van der Waals surface area (Å²) in [5, 5.41) is 4.78. The van der Waals surface area contributed by atoms with Crippen molar-refractivity contribution in [2.24, 2.45) is 0 Å². The molecule has 0 saturated carbocycles. The summed E-state index contributed by atoms with van der Waals surface area (Å²) in [7, 11) is 0. The van der Waals surface area contributed by atoms with E-state index in [9.17, 15) is 4.79 Å². The first-order chi connectivity index (χ1) is 8.68. The molecule has 0 saturated heterocycles. The molecule has 5 nitrogen and oxygen atoms in total. The highest BCUT2D eigenvalue weighted by atomic mass is 16.1. The van der Waals surface area contributed by atoms with Crippen LogP contribution < -0.4 is 5.56 Å². The Morgan fingerprint density at radius 2 is 1.94 bits per heavy atom. The molecule has 1 N–H and O–H groups in total. The zero-order valence-corrected chi connectivity index (χ0v) is 10.1. The van der Waals surface area contributed by atoms with E-state index in [1.807, 2.05) is 32.0 Å². The summed E-state index contributed by atoms with van der Waals surface area (Å²) in [6.45, 7) is 4.03. The first-order valence-electron chi connectivity index (χ1n) is 5.66. The Balaban J connectivity index is 2.40. The molecule has 3 aromatic rings. The summed E-state index contributed by atoms with van der Waals surface area (Å²) in [5.41, 5.74) is 3.59. The molecule has 90 valence electrons. The number of nitrogens with one attached hydrogen (secondary N) is 1. The third-order valence-electron chi connectivity index (χ3n) is 3.02. The van der Waals surface area contributed by atoms with E-state index in [-0.39, 0.29) is 5.56 Å². The van der Waals surface area contributed by atoms with Crippen LogP contribution in [0.5, 0.6) is 0 Å². The minimum Gasteiger partial charge on any atom is -0.312 e. The smallest absolute Gasteiger partial charge is 0.261 e. The van der Waals surface area contributed by atoms with E-state index >= 15 is 0 Å². The Morgan fingerprint density at radius 3 is 2.67 bits per heavy atom. The van der Waals surface area contributed by atoms with Crippen LogP contribution in [0.25, 0.3) is 16.7 Å². The second-order valence-corrected chi connectivity index (χ2v) is 4.27. The summed E-state index contributed by atoms with van der Waals surface area (Å²) < 4.78 is 1.72. The molecule has 0 unspecified atom stereocenters. The van der Waals surface area contributed by atoms with Crippen LogP contribution in [0.1, 0.15) is 11.1 Å². The molecule has 0 radical (unpaired) electrons. The van der Waals surface area contributed by atoms with Crippen molar-refractivity contribution in [1.82, 2.24) is 19.7 Å². The normalized spacial score (nSPS) is 11.0. The Kier molecular flexibility index (Phi) is 2.26. The van der Waals surface area contributed by atoms with Gasteiger partial charge in [0.15, 0.2) is 5.65 Å². The van der Waals surface area contributed by atoms with Gasteiger partial charge in [-0.15, -0.1) is 0 Å². The number of aromatic nitrogens is 4. The molecule has 18 heavy (non-hydrogen) atoms. The maximum atomic E-state index is 11.6. The lowest BCUT2D eigenvalue weighted by atomic mass is 10.1. The SMILES string of the molecule is Cc1cccc(C)c1-n1ncc2c(=O)[nH]cnc21. The van der Waals surface area contributed by atoms with Crippen molar-refractivity contribution in [2.45, 2.75) is 13.8 Å². The van der Waals surface area contributed by atoms with Crippen molar-refractivity contribution in [3.8, 4) is 5.69 Å². The zero-order chi connectivity index (χ0) is 12.7. The van der Waals surface area contributed by atoms with Crippen LogP contribution >= 0.6 is 0 Å². The summed E-state index contributed by atoms with van der Waals surface area (Å²) in [4.78, 5) is 18.4. The quantitative estimate of drug-likeness (QED) is 0.704. The lowest BCUT2D eigenvalue weighted by Crippen LogP contribution is -2.07. The summed E-state index contributed by atoms with van der Waals surface area (Å²) >= 11 is 0. The number of nitrogens with zero attached hydrogens (tertiary/aromatic N) is 3. The van der Waals surface area contributed by atoms with Crippen molar-refractivity contribution in [2.75, 3.05) is 0 Å². The van der Waals surface area contributed by atoms with E-state index in [0.29, 0.717) is 11.0 Å². The molecule has 0 aliphatic heterocycles. The second-order valence-electron chi connectivity index (χ2n) is 4.27. The molecular weight excluding hydrogens is 228 g/mol. The third kappa shape index (κ3) is 1.44. The van der Waals surface area contributed by atoms with Crippen molar-refractivity contribution in [1.29, 1.82) is 0 Å². The van der Waals surface area contributed by atoms with Gasteiger partial charge in [-0.3, -0.25) is 4.79 Å². The number of fused-ring (bicyclic) bond motifs is 1. The Labute approximate surface area is 103 Å². The fourth-order valence-electron chi connectivity index (χ4n) is 2.16. The summed E-state index contributed by atoms with van der Waals surface area (Å²) in [6.07, 6.45) is 2.95. The van der Waals surface area contributed by atoms with Crippen LogP contribution in [-0.4, -0.2) is 19.7 Å². The van der Waals surface area contributed by atoms with Gasteiger partial charge in [-0.1, -0.05) is 18.2 Å². The van der Waals surface area contributed by atoms with E-state index in [2.05, 4.69) is 15.1 Å². The molecule has 5 heteroatoms. The average molecular weight is 240 g/mol. The Hall–Kier alpha value is -2.43. The third-order valence-corrected chi connectivity index (χ3v) is 3.02. The number of rotatable bonds is 1. The molecule has 2 aromatic heterocycles. The van der Waals surface area contributed by atoms with Gasteiger partial charge in [-0.05, 0) is 25.0 Å². The average Bonchev–Trinajstić information content (AvgIpc) is 2.75. The molecule has 0 atom stereocenters. The number of H-pyrrole nitrogens is 1. The zero-order valence-electron chi connectivity index (χ0n) is 10.1. The number of para-hydroxylation sites is 1. The van der Waals surface area contributed by atoms with Gasteiger partial charge in [0.05, 0.1) is 18.2 Å². The Bertz CT molecular complexity index is 765. The van der Waals surface area contributed by atoms with Gasteiger partial charge in [0.25, 0.3) is 5.56 Å². The van der Waals surface area contributed by atoms with Crippen molar-refractivity contribution in [3.63, 3.8) is 0 Å². The number of aromatic amines is 1. The molecule has 3 rings (SSSR count). The first-order valence-corrected chi connectivity index (χ1v) is 5.66. The van der Waals surface area contributed by atoms with Gasteiger partial charge in [-0.2, -0.15) is 5.10 Å². The van der Waals surface area contributed by atoms with Crippen LogP contribution in [0.4, 0.5) is 0 Å². The van der Waals surface area contributed by atoms with Crippen molar-refractivity contribution < 1.29 is 0 Å². The topological polar surface area (TPSA) is 63.6 Å². The molecule has 0 aliphatic rings.